The first kappa shape index (κ1) is 54.9. The first-order valence-electron chi connectivity index (χ1n) is 19.8. The molecule has 0 aliphatic rings. The fraction of sp³-hybridized carbons (Fsp3) is 0.730. The van der Waals surface area contributed by atoms with Crippen LogP contribution in [0, 0.1) is 17.8 Å². The predicted octanol–water partition coefficient (Wildman–Crippen LogP) is -5.30. The Bertz CT molecular complexity index is 1470. The smallest absolute Gasteiger partial charge is 0.328 e. The third-order valence-corrected chi connectivity index (χ3v) is 9.71. The summed E-state index contributed by atoms with van der Waals surface area (Å²) in [5.41, 5.74) is 11.6. The van der Waals surface area contributed by atoms with Crippen LogP contribution in [0.3, 0.4) is 0 Å². The lowest BCUT2D eigenvalue weighted by molar-refractivity contribution is -0.143. The van der Waals surface area contributed by atoms with Gasteiger partial charge in [0.25, 0.3) is 0 Å². The van der Waals surface area contributed by atoms with Crippen LogP contribution in [0.15, 0.2) is 12.4 Å². The third-order valence-electron chi connectivity index (χ3n) is 9.71. The Morgan fingerprint density at radius 2 is 1.08 bits per heavy atom. The zero-order chi connectivity index (χ0) is 46.4. The number of aliphatic hydroxyl groups is 4. The molecule has 0 saturated carbocycles. The van der Waals surface area contributed by atoms with E-state index in [1.165, 1.54) is 6.92 Å². The number of nitrogens with two attached hydrogens (primary N) is 2. The summed E-state index contributed by atoms with van der Waals surface area (Å²) in [6.07, 6.45) is -1.70. The summed E-state index contributed by atoms with van der Waals surface area (Å²) in [6, 6.07) is -10.2. The number of carbonyl (C=O) groups is 8. The van der Waals surface area contributed by atoms with Crippen LogP contribution in [0.25, 0.3) is 0 Å². The number of carboxylic acids is 1. The lowest BCUT2D eigenvalue weighted by Crippen LogP contribution is -2.62. The highest BCUT2D eigenvalue weighted by molar-refractivity contribution is 5.97. The molecule has 0 rings (SSSR count). The second kappa shape index (κ2) is 27.6. The molecule has 60 heavy (non-hydrogen) atoms. The Morgan fingerprint density at radius 1 is 0.617 bits per heavy atom. The molecule has 23 nitrogen and oxygen atoms in total. The van der Waals surface area contributed by atoms with Crippen molar-refractivity contribution >= 4 is 47.3 Å². The highest BCUT2D eigenvalue weighted by Crippen LogP contribution is 2.13. The molecule has 7 amide bonds. The summed E-state index contributed by atoms with van der Waals surface area (Å²) < 4.78 is 0. The van der Waals surface area contributed by atoms with Gasteiger partial charge < -0.3 is 79.5 Å². The highest BCUT2D eigenvalue weighted by Gasteiger charge is 2.36. The largest absolute Gasteiger partial charge is 0.480 e. The summed E-state index contributed by atoms with van der Waals surface area (Å²) in [6.45, 7) is 12.4. The van der Waals surface area contributed by atoms with Crippen molar-refractivity contribution in [2.45, 2.75) is 129 Å². The first-order valence-corrected chi connectivity index (χ1v) is 19.8. The van der Waals surface area contributed by atoms with Crippen molar-refractivity contribution in [2.75, 3.05) is 26.3 Å². The normalized spacial score (nSPS) is 16.7. The Labute approximate surface area is 350 Å². The number of carbonyl (C=O) groups excluding carboxylic acids is 7. The van der Waals surface area contributed by atoms with Crippen LogP contribution < -0.4 is 54.0 Å². The molecule has 0 radical (unpaired) electrons. The van der Waals surface area contributed by atoms with Gasteiger partial charge in [-0.15, -0.1) is 0 Å². The average Bonchev–Trinajstić information content (AvgIpc) is 3.19. The minimum atomic E-state index is -1.72. The van der Waals surface area contributed by atoms with Crippen LogP contribution in [0.1, 0.15) is 74.1 Å². The Hall–Kier alpha value is -5.10. The summed E-state index contributed by atoms with van der Waals surface area (Å²) >= 11 is 0. The van der Waals surface area contributed by atoms with Crippen molar-refractivity contribution in [1.29, 1.82) is 0 Å². The summed E-state index contributed by atoms with van der Waals surface area (Å²) in [4.78, 5) is 103. The predicted molar refractivity (Wildman–Crippen MR) is 216 cm³/mol. The topological polar surface area (TPSA) is 386 Å². The van der Waals surface area contributed by atoms with Gasteiger partial charge >= 0.3 is 5.97 Å². The van der Waals surface area contributed by atoms with Gasteiger partial charge in [0.15, 0.2) is 0 Å². The maximum Gasteiger partial charge on any atom is 0.328 e. The molecule has 0 aliphatic carbocycles. The quantitative estimate of drug-likeness (QED) is 0.0312. The molecular formula is C37H68N10O13. The Morgan fingerprint density at radius 3 is 1.53 bits per heavy atom. The number of aliphatic carboxylic acids is 1. The molecule has 1 unspecified atom stereocenters. The molecule has 0 aromatic carbocycles. The van der Waals surface area contributed by atoms with E-state index in [1.807, 2.05) is 5.32 Å². The van der Waals surface area contributed by atoms with E-state index in [0.717, 1.165) is 0 Å². The van der Waals surface area contributed by atoms with Crippen molar-refractivity contribution in [3.63, 3.8) is 0 Å². The lowest BCUT2D eigenvalue weighted by atomic mass is 9.95. The molecule has 0 aromatic rings. The minimum Gasteiger partial charge on any atom is -0.480 e. The number of rotatable bonds is 29. The fourth-order valence-electron chi connectivity index (χ4n) is 5.39. The van der Waals surface area contributed by atoms with E-state index in [-0.39, 0.29) is 31.1 Å². The Kier molecular flexibility index (Phi) is 25.3. The SMILES string of the molecule is C=C(N)NCCC[C@@H](NC(=O)[C@@H](NC(=O)C(N)[C@H](O)C(C)C)[C@@H](C)CC)C(=O)N[C@H](C(=O)N[C@H](C(=O)NCC(=O)N[C@@H](CO)C(=O)N[C@@H](CO)C(=O)O)[C@H](C)O)[C@@H](C)CC. The van der Waals surface area contributed by atoms with Crippen LogP contribution in [-0.2, 0) is 38.4 Å². The summed E-state index contributed by atoms with van der Waals surface area (Å²) in [5.74, 6) is -9.25. The monoisotopic (exact) mass is 860 g/mol. The number of aliphatic hydroxyl groups excluding tert-OH is 4. The number of nitrogens with one attached hydrogen (secondary N) is 8. The van der Waals surface area contributed by atoms with E-state index in [1.54, 1.807) is 41.5 Å². The van der Waals surface area contributed by atoms with E-state index in [4.69, 9.17) is 21.7 Å². The van der Waals surface area contributed by atoms with Crippen LogP contribution in [0.4, 0.5) is 0 Å². The molecule has 0 spiro atoms. The summed E-state index contributed by atoms with van der Waals surface area (Å²) in [7, 11) is 0. The van der Waals surface area contributed by atoms with E-state index in [9.17, 15) is 53.7 Å². The van der Waals surface area contributed by atoms with E-state index in [0.29, 0.717) is 12.8 Å². The van der Waals surface area contributed by atoms with Crippen molar-refractivity contribution in [1.82, 2.24) is 42.5 Å². The maximum absolute atomic E-state index is 13.9. The molecule has 23 heteroatoms. The third kappa shape index (κ3) is 18.9. The molecule has 11 atom stereocenters. The highest BCUT2D eigenvalue weighted by atomic mass is 16.4. The molecule has 0 aromatic heterocycles. The van der Waals surface area contributed by atoms with Gasteiger partial charge in [-0.2, -0.15) is 0 Å². The van der Waals surface area contributed by atoms with Gasteiger partial charge in [-0.25, -0.2) is 4.79 Å². The van der Waals surface area contributed by atoms with Gasteiger partial charge in [-0.1, -0.05) is 61.0 Å². The first-order chi connectivity index (χ1) is 28.0. The van der Waals surface area contributed by atoms with Crippen LogP contribution in [0.5, 0.6) is 0 Å². The van der Waals surface area contributed by atoms with Gasteiger partial charge in [0, 0.05) is 6.54 Å². The molecule has 344 valence electrons. The van der Waals surface area contributed by atoms with Gasteiger partial charge in [0.1, 0.15) is 42.3 Å². The molecule has 0 bridgehead atoms. The summed E-state index contributed by atoms with van der Waals surface area (Å²) in [5, 5.41) is 67.7. The fourth-order valence-corrected chi connectivity index (χ4v) is 5.39. The number of carboxylic acid groups (broad SMARTS) is 1. The zero-order valence-corrected chi connectivity index (χ0v) is 35.4. The van der Waals surface area contributed by atoms with E-state index >= 15 is 0 Å². The van der Waals surface area contributed by atoms with Crippen LogP contribution in [-0.4, -0.2) is 154 Å². The van der Waals surface area contributed by atoms with Gasteiger partial charge in [0.05, 0.1) is 37.8 Å². The second-order valence-electron chi connectivity index (χ2n) is 15.0. The van der Waals surface area contributed by atoms with Crippen LogP contribution >= 0.6 is 0 Å². The molecule has 0 fully saturated rings. The molecule has 0 heterocycles. The lowest BCUT2D eigenvalue weighted by Gasteiger charge is -2.31. The van der Waals surface area contributed by atoms with Crippen molar-refractivity contribution in [2.24, 2.45) is 29.2 Å². The standard InChI is InChI=1S/C37H68N10O13/c1-9-18(5)27(46-33(55)26(39)30(52)17(3)4)35(57)43-22(12-11-13-40-21(8)38)31(53)45-28(19(6)10-2)36(58)47-29(20(7)50)34(56)41-14-25(51)42-23(15-48)32(54)44-24(16-49)37(59)60/h17-20,22-24,26-30,40,48-50,52H,8-16,38-39H2,1-7H3,(H,41,56)(H,42,51)(H,43,57)(H,44,54)(H,45,53)(H,46,55)(H,47,58)(H,59,60)/t18-,19-,20-,22+,23-,24-,26?,27-,28-,29-,30+/m0/s1. The number of amides is 7. The van der Waals surface area contributed by atoms with Gasteiger partial charge in [0.2, 0.25) is 41.4 Å². The minimum absolute atomic E-state index is 0.0145. The van der Waals surface area contributed by atoms with Gasteiger partial charge in [-0.3, -0.25) is 33.6 Å². The van der Waals surface area contributed by atoms with Crippen molar-refractivity contribution in [3.05, 3.63) is 12.4 Å². The zero-order valence-electron chi connectivity index (χ0n) is 35.4. The molecule has 17 N–H and O–H groups in total. The average molecular weight is 861 g/mol. The van der Waals surface area contributed by atoms with Crippen molar-refractivity contribution < 1.29 is 63.9 Å². The van der Waals surface area contributed by atoms with Crippen LogP contribution in [0.2, 0.25) is 0 Å². The van der Waals surface area contributed by atoms with E-state index < -0.39 is 133 Å². The maximum atomic E-state index is 13.9. The van der Waals surface area contributed by atoms with E-state index in [2.05, 4.69) is 43.8 Å². The van der Waals surface area contributed by atoms with Gasteiger partial charge in [-0.05, 0) is 37.5 Å². The Balaban J connectivity index is 6.18. The molecule has 0 aliphatic heterocycles. The second-order valence-corrected chi connectivity index (χ2v) is 15.0. The molecular weight excluding hydrogens is 792 g/mol. The molecule has 0 saturated heterocycles. The number of hydrogen-bond donors (Lipinski definition) is 15. The number of hydrogen-bond acceptors (Lipinski definition) is 15. The van der Waals surface area contributed by atoms with Crippen molar-refractivity contribution in [3.8, 4) is 0 Å².